The molecule has 0 amide bonds. The van der Waals surface area contributed by atoms with Crippen LogP contribution in [-0.2, 0) is 14.3 Å². The molecule has 1 aliphatic carbocycles. The standard InChI is InChI=1S/C10H15FO4/c1-7(12)15-10(8(11)9(13)14)5-3-2-4-6-10/h8H,2-6H2,1H3,(H,13,14). The van der Waals surface area contributed by atoms with Gasteiger partial charge >= 0.3 is 11.9 Å². The van der Waals surface area contributed by atoms with Crippen molar-refractivity contribution in [3.05, 3.63) is 0 Å². The van der Waals surface area contributed by atoms with Crippen LogP contribution in [0, 0.1) is 0 Å². The van der Waals surface area contributed by atoms with Crippen LogP contribution < -0.4 is 0 Å². The zero-order valence-corrected chi connectivity index (χ0v) is 8.66. The number of carboxylic acids is 1. The van der Waals surface area contributed by atoms with Gasteiger partial charge < -0.3 is 9.84 Å². The van der Waals surface area contributed by atoms with Crippen molar-refractivity contribution < 1.29 is 23.8 Å². The third kappa shape index (κ3) is 2.67. The first-order valence-electron chi connectivity index (χ1n) is 5.04. The Labute approximate surface area is 87.4 Å². The van der Waals surface area contributed by atoms with Gasteiger partial charge in [-0.15, -0.1) is 0 Å². The fourth-order valence-electron chi connectivity index (χ4n) is 2.07. The maximum atomic E-state index is 13.5. The van der Waals surface area contributed by atoms with E-state index in [4.69, 9.17) is 9.84 Å². The first-order chi connectivity index (χ1) is 6.98. The summed E-state index contributed by atoms with van der Waals surface area (Å²) in [6, 6.07) is 0. The maximum absolute atomic E-state index is 13.5. The van der Waals surface area contributed by atoms with Gasteiger partial charge in [-0.2, -0.15) is 0 Å². The van der Waals surface area contributed by atoms with E-state index in [0.717, 1.165) is 6.42 Å². The van der Waals surface area contributed by atoms with E-state index in [2.05, 4.69) is 0 Å². The predicted octanol–water partition coefficient (Wildman–Crippen LogP) is 1.68. The van der Waals surface area contributed by atoms with Gasteiger partial charge in [-0.1, -0.05) is 6.42 Å². The van der Waals surface area contributed by atoms with Crippen molar-refractivity contribution in [3.8, 4) is 0 Å². The molecule has 0 aromatic rings. The molecule has 5 heteroatoms. The van der Waals surface area contributed by atoms with Gasteiger partial charge in [-0.25, -0.2) is 9.18 Å². The van der Waals surface area contributed by atoms with Crippen LogP contribution in [0.2, 0.25) is 0 Å². The quantitative estimate of drug-likeness (QED) is 0.732. The molecule has 1 aliphatic rings. The van der Waals surface area contributed by atoms with Crippen molar-refractivity contribution in [3.63, 3.8) is 0 Å². The van der Waals surface area contributed by atoms with Crippen molar-refractivity contribution in [2.75, 3.05) is 0 Å². The number of halogens is 1. The molecule has 0 heterocycles. The topological polar surface area (TPSA) is 63.6 Å². The number of aliphatic carboxylic acids is 1. The summed E-state index contributed by atoms with van der Waals surface area (Å²) in [7, 11) is 0. The van der Waals surface area contributed by atoms with Crippen molar-refractivity contribution in [2.24, 2.45) is 0 Å². The van der Waals surface area contributed by atoms with Gasteiger partial charge in [0, 0.05) is 6.92 Å². The van der Waals surface area contributed by atoms with Gasteiger partial charge in [0.2, 0.25) is 6.17 Å². The minimum Gasteiger partial charge on any atom is -0.479 e. The maximum Gasteiger partial charge on any atom is 0.342 e. The summed E-state index contributed by atoms with van der Waals surface area (Å²) >= 11 is 0. The summed E-state index contributed by atoms with van der Waals surface area (Å²) in [4.78, 5) is 21.5. The fourth-order valence-corrected chi connectivity index (χ4v) is 2.07. The van der Waals surface area contributed by atoms with Crippen molar-refractivity contribution in [1.29, 1.82) is 0 Å². The summed E-state index contributed by atoms with van der Waals surface area (Å²) in [6.45, 7) is 1.17. The van der Waals surface area contributed by atoms with Crippen molar-refractivity contribution in [1.82, 2.24) is 0 Å². The highest BCUT2D eigenvalue weighted by molar-refractivity contribution is 5.75. The molecule has 1 saturated carbocycles. The molecular weight excluding hydrogens is 203 g/mol. The molecule has 4 nitrogen and oxygen atoms in total. The van der Waals surface area contributed by atoms with Crippen LogP contribution in [0.5, 0.6) is 0 Å². The Bertz CT molecular complexity index is 258. The van der Waals surface area contributed by atoms with Gasteiger partial charge in [0.1, 0.15) is 0 Å². The van der Waals surface area contributed by atoms with Crippen LogP contribution in [0.1, 0.15) is 39.0 Å². The van der Waals surface area contributed by atoms with Crippen LogP contribution in [0.4, 0.5) is 4.39 Å². The molecule has 0 aromatic heterocycles. The lowest BCUT2D eigenvalue weighted by molar-refractivity contribution is -0.179. The number of rotatable bonds is 3. The van der Waals surface area contributed by atoms with Crippen molar-refractivity contribution >= 4 is 11.9 Å². The molecule has 0 saturated heterocycles. The molecule has 1 fully saturated rings. The molecule has 1 N–H and O–H groups in total. The summed E-state index contributed by atoms with van der Waals surface area (Å²) < 4.78 is 18.5. The first-order valence-corrected chi connectivity index (χ1v) is 5.04. The molecule has 86 valence electrons. The van der Waals surface area contributed by atoms with Gasteiger partial charge in [-0.3, -0.25) is 4.79 Å². The minimum atomic E-state index is -2.12. The molecule has 0 bridgehead atoms. The third-order valence-electron chi connectivity index (χ3n) is 2.73. The van der Waals surface area contributed by atoms with E-state index >= 15 is 0 Å². The van der Waals surface area contributed by atoms with E-state index in [9.17, 15) is 14.0 Å². The zero-order valence-electron chi connectivity index (χ0n) is 8.66. The number of hydrogen-bond acceptors (Lipinski definition) is 3. The molecular formula is C10H15FO4. The first kappa shape index (κ1) is 11.9. The van der Waals surface area contributed by atoms with Crippen molar-refractivity contribution in [2.45, 2.75) is 50.8 Å². The highest BCUT2D eigenvalue weighted by atomic mass is 19.1. The van der Waals surface area contributed by atoms with E-state index < -0.39 is 23.7 Å². The highest BCUT2D eigenvalue weighted by Gasteiger charge is 2.47. The number of carbonyl (C=O) groups excluding carboxylic acids is 1. The minimum absolute atomic E-state index is 0.292. The number of ether oxygens (including phenoxy) is 1. The Hall–Kier alpha value is -1.13. The Morgan fingerprint density at radius 3 is 2.27 bits per heavy atom. The van der Waals surface area contributed by atoms with Crippen LogP contribution >= 0.6 is 0 Å². The van der Waals surface area contributed by atoms with Crippen LogP contribution in [0.25, 0.3) is 0 Å². The van der Waals surface area contributed by atoms with E-state index in [0.29, 0.717) is 25.7 Å². The zero-order chi connectivity index (χ0) is 11.5. The molecule has 1 atom stereocenters. The summed E-state index contributed by atoms with van der Waals surface area (Å²) in [5.41, 5.74) is -1.43. The summed E-state index contributed by atoms with van der Waals surface area (Å²) in [6.07, 6.45) is 0.777. The fraction of sp³-hybridized carbons (Fsp3) is 0.800. The van der Waals surface area contributed by atoms with Gasteiger partial charge in [0.25, 0.3) is 0 Å². The molecule has 0 aromatic carbocycles. The molecule has 0 spiro atoms. The molecule has 1 rings (SSSR count). The van der Waals surface area contributed by atoms with Gasteiger partial charge in [-0.05, 0) is 25.7 Å². The third-order valence-corrected chi connectivity index (χ3v) is 2.73. The van der Waals surface area contributed by atoms with E-state index in [1.54, 1.807) is 0 Å². The van der Waals surface area contributed by atoms with Crippen LogP contribution in [0.3, 0.4) is 0 Å². The van der Waals surface area contributed by atoms with E-state index in [-0.39, 0.29) is 0 Å². The number of hydrogen-bond donors (Lipinski definition) is 1. The van der Waals surface area contributed by atoms with Crippen LogP contribution in [0.15, 0.2) is 0 Å². The molecule has 15 heavy (non-hydrogen) atoms. The second-order valence-electron chi connectivity index (χ2n) is 3.92. The van der Waals surface area contributed by atoms with Crippen LogP contribution in [-0.4, -0.2) is 28.8 Å². The average molecular weight is 218 g/mol. The SMILES string of the molecule is CC(=O)OC1(C(F)C(=O)O)CCCCC1. The Morgan fingerprint density at radius 1 is 1.33 bits per heavy atom. The molecule has 0 aliphatic heterocycles. The smallest absolute Gasteiger partial charge is 0.342 e. The summed E-state index contributed by atoms with van der Waals surface area (Å²) in [5.74, 6) is -2.18. The largest absolute Gasteiger partial charge is 0.479 e. The Morgan fingerprint density at radius 2 is 1.87 bits per heavy atom. The number of carbonyl (C=O) groups is 2. The second kappa shape index (κ2) is 4.59. The number of carboxylic acid groups (broad SMARTS) is 1. The average Bonchev–Trinajstić information content (AvgIpc) is 2.16. The Kier molecular flexibility index (Phi) is 3.66. The van der Waals surface area contributed by atoms with E-state index in [1.807, 2.05) is 0 Å². The Balaban J connectivity index is 2.83. The lowest BCUT2D eigenvalue weighted by Crippen LogP contribution is -2.49. The predicted molar refractivity (Wildman–Crippen MR) is 50.1 cm³/mol. The molecule has 1 unspecified atom stereocenters. The molecule has 0 radical (unpaired) electrons. The lowest BCUT2D eigenvalue weighted by Gasteiger charge is -2.37. The second-order valence-corrected chi connectivity index (χ2v) is 3.92. The highest BCUT2D eigenvalue weighted by Crippen LogP contribution is 2.36. The number of esters is 1. The van der Waals surface area contributed by atoms with Gasteiger partial charge in [0.15, 0.2) is 5.60 Å². The monoisotopic (exact) mass is 218 g/mol. The van der Waals surface area contributed by atoms with E-state index in [1.165, 1.54) is 6.92 Å². The van der Waals surface area contributed by atoms with Gasteiger partial charge in [0.05, 0.1) is 0 Å². The number of alkyl halides is 1. The normalized spacial score (nSPS) is 21.7. The summed E-state index contributed by atoms with van der Waals surface area (Å²) in [5, 5.41) is 8.65. The lowest BCUT2D eigenvalue weighted by atomic mass is 9.81.